The molecule has 0 saturated carbocycles. The first-order chi connectivity index (χ1) is 9.45. The maximum Gasteiger partial charge on any atom is 0.188 e. The summed E-state index contributed by atoms with van der Waals surface area (Å²) in [5.74, 6) is 0.492. The van der Waals surface area contributed by atoms with Crippen molar-refractivity contribution in [1.82, 2.24) is 9.97 Å². The van der Waals surface area contributed by atoms with Crippen molar-refractivity contribution in [2.24, 2.45) is 0 Å². The first-order valence-corrected chi connectivity index (χ1v) is 7.50. The van der Waals surface area contributed by atoms with Crippen LogP contribution in [-0.2, 0) is 0 Å². The maximum absolute atomic E-state index is 12.3. The lowest BCUT2D eigenvalue weighted by Gasteiger charge is -2.06. The van der Waals surface area contributed by atoms with Gasteiger partial charge in [-0.3, -0.25) is 4.79 Å². The lowest BCUT2D eigenvalue weighted by molar-refractivity contribution is 0.102. The van der Waals surface area contributed by atoms with Crippen molar-refractivity contribution in [2.75, 3.05) is 5.75 Å². The molecule has 0 N–H and O–H groups in total. The number of rotatable bonds is 4. The van der Waals surface area contributed by atoms with Gasteiger partial charge in [0.2, 0.25) is 0 Å². The quantitative estimate of drug-likeness (QED) is 0.488. The molecule has 1 heterocycles. The molecule has 0 aliphatic rings. The lowest BCUT2D eigenvalue weighted by atomic mass is 10.0. The van der Waals surface area contributed by atoms with Gasteiger partial charge in [0.15, 0.2) is 10.9 Å². The molecule has 0 amide bonds. The summed E-state index contributed by atoms with van der Waals surface area (Å²) in [7, 11) is 0. The molecule has 0 unspecified atom stereocenters. The summed E-state index contributed by atoms with van der Waals surface area (Å²) >= 11 is 1.39. The van der Waals surface area contributed by atoms with Gasteiger partial charge in [0.25, 0.3) is 0 Å². The van der Waals surface area contributed by atoms with E-state index in [1.165, 1.54) is 11.8 Å². The van der Waals surface area contributed by atoms with E-state index >= 15 is 0 Å². The van der Waals surface area contributed by atoms with Crippen LogP contribution in [0.25, 0.3) is 0 Å². The Balaban J connectivity index is 2.10. The number of carbonyl (C=O) groups is 1. The Morgan fingerprint density at radius 2 is 1.70 bits per heavy atom. The highest BCUT2D eigenvalue weighted by Gasteiger charge is 2.11. The Kier molecular flexibility index (Phi) is 4.55. The Morgan fingerprint density at radius 1 is 1.05 bits per heavy atom. The molecule has 0 bridgehead atoms. The summed E-state index contributed by atoms with van der Waals surface area (Å²) in [6.45, 7) is 7.83. The number of ketones is 1. The average molecular weight is 286 g/mol. The molecule has 0 atom stereocenters. The van der Waals surface area contributed by atoms with Crippen molar-refractivity contribution < 1.29 is 4.79 Å². The van der Waals surface area contributed by atoms with Gasteiger partial charge in [0, 0.05) is 17.0 Å². The molecule has 1 aromatic carbocycles. The fraction of sp³-hybridized carbons (Fsp3) is 0.312. The fourth-order valence-electron chi connectivity index (χ4n) is 2.00. The normalized spacial score (nSPS) is 10.6. The average Bonchev–Trinajstić information content (AvgIpc) is 2.38. The number of nitrogens with zero attached hydrogens (tertiary/aromatic N) is 2. The van der Waals surface area contributed by atoms with Gasteiger partial charge in [-0.25, -0.2) is 9.97 Å². The third-order valence-corrected chi connectivity index (χ3v) is 3.83. The molecule has 2 aromatic rings. The summed E-state index contributed by atoms with van der Waals surface area (Å²) < 4.78 is 0. The fourth-order valence-corrected chi connectivity index (χ4v) is 2.84. The second-order valence-corrected chi connectivity index (χ2v) is 5.91. The standard InChI is InChI=1S/C16H18N2OS/c1-10-5-6-11(2)14(7-10)15(19)9-20-16-17-12(3)8-13(4)18-16/h5-8H,9H2,1-4H3. The highest BCUT2D eigenvalue weighted by molar-refractivity contribution is 7.99. The van der Waals surface area contributed by atoms with Gasteiger partial charge in [0.1, 0.15) is 0 Å². The zero-order valence-corrected chi connectivity index (χ0v) is 13.0. The monoisotopic (exact) mass is 286 g/mol. The van der Waals surface area contributed by atoms with Gasteiger partial charge in [0.05, 0.1) is 5.75 Å². The third-order valence-electron chi connectivity index (χ3n) is 2.99. The van der Waals surface area contributed by atoms with Crippen LogP contribution in [-0.4, -0.2) is 21.5 Å². The molecule has 0 fully saturated rings. The molecule has 0 spiro atoms. The van der Waals surface area contributed by atoms with E-state index in [0.29, 0.717) is 10.9 Å². The molecule has 20 heavy (non-hydrogen) atoms. The van der Waals surface area contributed by atoms with Crippen molar-refractivity contribution >= 4 is 17.5 Å². The Hall–Kier alpha value is -1.68. The first-order valence-electron chi connectivity index (χ1n) is 6.51. The van der Waals surface area contributed by atoms with Crippen LogP contribution >= 0.6 is 11.8 Å². The van der Waals surface area contributed by atoms with E-state index in [1.807, 2.05) is 52.0 Å². The number of Topliss-reactive ketones (excluding diaryl/α,β-unsaturated/α-hetero) is 1. The van der Waals surface area contributed by atoms with E-state index in [-0.39, 0.29) is 5.78 Å². The van der Waals surface area contributed by atoms with Crippen molar-refractivity contribution in [2.45, 2.75) is 32.9 Å². The molecular weight excluding hydrogens is 268 g/mol. The van der Waals surface area contributed by atoms with E-state index in [0.717, 1.165) is 28.1 Å². The summed E-state index contributed by atoms with van der Waals surface area (Å²) in [6, 6.07) is 7.88. The number of aryl methyl sites for hydroxylation is 4. The summed E-state index contributed by atoms with van der Waals surface area (Å²) in [5.41, 5.74) is 4.77. The van der Waals surface area contributed by atoms with Gasteiger partial charge in [-0.05, 0) is 45.4 Å². The maximum atomic E-state index is 12.3. The zero-order valence-electron chi connectivity index (χ0n) is 12.2. The second kappa shape index (κ2) is 6.18. The van der Waals surface area contributed by atoms with Crippen molar-refractivity contribution in [3.05, 3.63) is 52.3 Å². The minimum absolute atomic E-state index is 0.124. The highest BCUT2D eigenvalue weighted by Crippen LogP contribution is 2.18. The molecule has 0 radical (unpaired) electrons. The highest BCUT2D eigenvalue weighted by atomic mass is 32.2. The van der Waals surface area contributed by atoms with Crippen molar-refractivity contribution in [3.63, 3.8) is 0 Å². The number of carbonyl (C=O) groups excluding carboxylic acids is 1. The number of hydrogen-bond acceptors (Lipinski definition) is 4. The predicted molar refractivity (Wildman–Crippen MR) is 82.5 cm³/mol. The molecule has 0 aliphatic heterocycles. The molecule has 4 heteroatoms. The van der Waals surface area contributed by atoms with Crippen LogP contribution in [0.2, 0.25) is 0 Å². The van der Waals surface area contributed by atoms with Crippen LogP contribution in [0.3, 0.4) is 0 Å². The lowest BCUT2D eigenvalue weighted by Crippen LogP contribution is -2.06. The van der Waals surface area contributed by atoms with Crippen LogP contribution < -0.4 is 0 Å². The van der Waals surface area contributed by atoms with E-state index in [2.05, 4.69) is 9.97 Å². The number of thioether (sulfide) groups is 1. The van der Waals surface area contributed by atoms with Crippen LogP contribution in [0.4, 0.5) is 0 Å². The largest absolute Gasteiger partial charge is 0.293 e. The second-order valence-electron chi connectivity index (χ2n) is 4.96. The van der Waals surface area contributed by atoms with Crippen LogP contribution in [0.15, 0.2) is 29.4 Å². The van der Waals surface area contributed by atoms with Gasteiger partial charge in [-0.1, -0.05) is 29.5 Å². The van der Waals surface area contributed by atoms with Crippen molar-refractivity contribution in [3.8, 4) is 0 Å². The SMILES string of the molecule is Cc1ccc(C)c(C(=O)CSc2nc(C)cc(C)n2)c1. The van der Waals surface area contributed by atoms with Gasteiger partial charge < -0.3 is 0 Å². The van der Waals surface area contributed by atoms with E-state index < -0.39 is 0 Å². The third kappa shape index (κ3) is 3.67. The molecule has 3 nitrogen and oxygen atoms in total. The Morgan fingerprint density at radius 3 is 2.35 bits per heavy atom. The van der Waals surface area contributed by atoms with Crippen LogP contribution in [0, 0.1) is 27.7 Å². The Bertz CT molecular complexity index is 633. The Labute approximate surface area is 123 Å². The number of benzene rings is 1. The molecule has 0 saturated heterocycles. The van der Waals surface area contributed by atoms with E-state index in [4.69, 9.17) is 0 Å². The van der Waals surface area contributed by atoms with E-state index in [9.17, 15) is 4.79 Å². The van der Waals surface area contributed by atoms with Crippen LogP contribution in [0.5, 0.6) is 0 Å². The summed E-state index contributed by atoms with van der Waals surface area (Å²) in [5, 5.41) is 0.668. The number of hydrogen-bond donors (Lipinski definition) is 0. The molecule has 2 rings (SSSR count). The summed E-state index contributed by atoms with van der Waals surface area (Å²) in [4.78, 5) is 21.0. The predicted octanol–water partition coefficient (Wildman–Crippen LogP) is 3.69. The zero-order chi connectivity index (χ0) is 14.7. The summed E-state index contributed by atoms with van der Waals surface area (Å²) in [6.07, 6.45) is 0. The number of aromatic nitrogens is 2. The molecule has 0 aliphatic carbocycles. The first kappa shape index (κ1) is 14.7. The molecular formula is C16H18N2OS. The topological polar surface area (TPSA) is 42.9 Å². The van der Waals surface area contributed by atoms with Gasteiger partial charge in [-0.15, -0.1) is 0 Å². The van der Waals surface area contributed by atoms with Gasteiger partial charge >= 0.3 is 0 Å². The molecule has 1 aromatic heterocycles. The minimum atomic E-state index is 0.124. The van der Waals surface area contributed by atoms with Gasteiger partial charge in [-0.2, -0.15) is 0 Å². The van der Waals surface area contributed by atoms with E-state index in [1.54, 1.807) is 0 Å². The minimum Gasteiger partial charge on any atom is -0.293 e. The van der Waals surface area contributed by atoms with Crippen molar-refractivity contribution in [1.29, 1.82) is 0 Å². The van der Waals surface area contributed by atoms with Crippen LogP contribution in [0.1, 0.15) is 32.9 Å². The molecule has 104 valence electrons. The smallest absolute Gasteiger partial charge is 0.188 e.